The molecule has 0 bridgehead atoms. The molecule has 14 heavy (non-hydrogen) atoms. The largest absolute Gasteiger partial charge is 0.318 e. The first-order valence-corrected chi connectivity index (χ1v) is 4.20. The van der Waals surface area contributed by atoms with Crippen LogP contribution in [0.4, 0.5) is 0 Å². The second-order valence-corrected chi connectivity index (χ2v) is 2.96. The van der Waals surface area contributed by atoms with Gasteiger partial charge in [-0.1, -0.05) is 0 Å². The standard InChI is InChI=1S/C10H9N3O/c1-13-7-8(2-3-10(13)14)9-6-11-4-5-12-9/h2-7H,1H3. The average Bonchev–Trinajstić information content (AvgIpc) is 2.23. The van der Waals surface area contributed by atoms with Crippen LogP contribution in [0.15, 0.2) is 41.7 Å². The van der Waals surface area contributed by atoms with Crippen LogP contribution < -0.4 is 5.56 Å². The van der Waals surface area contributed by atoms with Crippen molar-refractivity contribution in [3.05, 3.63) is 47.3 Å². The molecule has 0 aromatic carbocycles. The van der Waals surface area contributed by atoms with Gasteiger partial charge >= 0.3 is 0 Å². The van der Waals surface area contributed by atoms with Crippen molar-refractivity contribution in [2.45, 2.75) is 0 Å². The summed E-state index contributed by atoms with van der Waals surface area (Å²) in [7, 11) is 1.71. The molecule has 0 aliphatic rings. The van der Waals surface area contributed by atoms with E-state index in [2.05, 4.69) is 9.97 Å². The second-order valence-electron chi connectivity index (χ2n) is 2.96. The van der Waals surface area contributed by atoms with Gasteiger partial charge in [-0.25, -0.2) is 0 Å². The summed E-state index contributed by atoms with van der Waals surface area (Å²) in [5.74, 6) is 0. The van der Waals surface area contributed by atoms with Gasteiger partial charge in [0.15, 0.2) is 0 Å². The zero-order valence-electron chi connectivity index (χ0n) is 7.71. The first kappa shape index (κ1) is 8.62. The minimum absolute atomic E-state index is 0.0300. The predicted octanol–water partition coefficient (Wildman–Crippen LogP) is 0.842. The van der Waals surface area contributed by atoms with Gasteiger partial charge in [-0.2, -0.15) is 0 Å². The van der Waals surface area contributed by atoms with E-state index < -0.39 is 0 Å². The smallest absolute Gasteiger partial charge is 0.250 e. The minimum Gasteiger partial charge on any atom is -0.318 e. The molecule has 2 aromatic heterocycles. The predicted molar refractivity (Wildman–Crippen MR) is 52.7 cm³/mol. The Balaban J connectivity index is 2.54. The van der Waals surface area contributed by atoms with Crippen molar-refractivity contribution in [3.63, 3.8) is 0 Å². The molecule has 0 aliphatic heterocycles. The summed E-state index contributed by atoms with van der Waals surface area (Å²) in [6.45, 7) is 0. The van der Waals surface area contributed by atoms with E-state index in [1.165, 1.54) is 10.6 Å². The first-order chi connectivity index (χ1) is 6.77. The molecule has 2 aromatic rings. The molecule has 0 saturated carbocycles. The molecule has 4 nitrogen and oxygen atoms in total. The van der Waals surface area contributed by atoms with Gasteiger partial charge in [0, 0.05) is 37.3 Å². The summed E-state index contributed by atoms with van der Waals surface area (Å²) in [5.41, 5.74) is 1.63. The van der Waals surface area contributed by atoms with Gasteiger partial charge in [-0.3, -0.25) is 14.8 Å². The zero-order chi connectivity index (χ0) is 9.97. The first-order valence-electron chi connectivity index (χ1n) is 4.20. The Morgan fingerprint density at radius 2 is 2.14 bits per heavy atom. The molecular weight excluding hydrogens is 178 g/mol. The van der Waals surface area contributed by atoms with E-state index in [-0.39, 0.29) is 5.56 Å². The number of hydrogen-bond donors (Lipinski definition) is 0. The Bertz CT molecular complexity index is 490. The molecule has 0 radical (unpaired) electrons. The molecule has 0 aliphatic carbocycles. The summed E-state index contributed by atoms with van der Waals surface area (Å²) in [6, 6.07) is 3.26. The summed E-state index contributed by atoms with van der Waals surface area (Å²) in [4.78, 5) is 19.2. The van der Waals surface area contributed by atoms with E-state index in [9.17, 15) is 4.79 Å². The zero-order valence-corrected chi connectivity index (χ0v) is 7.71. The van der Waals surface area contributed by atoms with E-state index in [0.29, 0.717) is 0 Å². The normalized spacial score (nSPS) is 10.1. The third kappa shape index (κ3) is 1.54. The highest BCUT2D eigenvalue weighted by atomic mass is 16.1. The third-order valence-electron chi connectivity index (χ3n) is 1.94. The number of aryl methyl sites for hydroxylation is 1. The number of nitrogens with zero attached hydrogens (tertiary/aromatic N) is 3. The summed E-state index contributed by atoms with van der Waals surface area (Å²) >= 11 is 0. The van der Waals surface area contributed by atoms with Crippen LogP contribution >= 0.6 is 0 Å². The number of rotatable bonds is 1. The van der Waals surface area contributed by atoms with Crippen LogP contribution in [-0.4, -0.2) is 14.5 Å². The maximum atomic E-state index is 11.1. The van der Waals surface area contributed by atoms with Gasteiger partial charge in [0.25, 0.3) is 0 Å². The van der Waals surface area contributed by atoms with Crippen molar-refractivity contribution in [1.29, 1.82) is 0 Å². The van der Waals surface area contributed by atoms with Gasteiger partial charge in [-0.15, -0.1) is 0 Å². The summed E-state index contributed by atoms with van der Waals surface area (Å²) < 4.78 is 1.52. The van der Waals surface area contributed by atoms with Gasteiger partial charge in [0.05, 0.1) is 11.9 Å². The van der Waals surface area contributed by atoms with Gasteiger partial charge < -0.3 is 4.57 Å². The fourth-order valence-corrected chi connectivity index (χ4v) is 1.19. The van der Waals surface area contributed by atoms with Crippen LogP contribution in [0, 0.1) is 0 Å². The Morgan fingerprint density at radius 3 is 2.79 bits per heavy atom. The molecule has 4 heteroatoms. The fraction of sp³-hybridized carbons (Fsp3) is 0.100. The summed E-state index contributed by atoms with van der Waals surface area (Å²) in [5, 5.41) is 0. The molecule has 0 N–H and O–H groups in total. The van der Waals surface area contributed by atoms with E-state index in [1.54, 1.807) is 37.9 Å². The van der Waals surface area contributed by atoms with E-state index in [1.807, 2.05) is 0 Å². The lowest BCUT2D eigenvalue weighted by molar-refractivity contribution is 0.861. The highest BCUT2D eigenvalue weighted by Crippen LogP contribution is 2.11. The SMILES string of the molecule is Cn1cc(-c2cnccn2)ccc1=O. The van der Waals surface area contributed by atoms with Crippen LogP contribution in [0.2, 0.25) is 0 Å². The topological polar surface area (TPSA) is 47.8 Å². The Labute approximate surface area is 80.9 Å². The minimum atomic E-state index is -0.0300. The summed E-state index contributed by atoms with van der Waals surface area (Å²) in [6.07, 6.45) is 6.65. The molecular formula is C10H9N3O. The van der Waals surface area contributed by atoms with Crippen molar-refractivity contribution < 1.29 is 0 Å². The lowest BCUT2D eigenvalue weighted by Gasteiger charge is -2.01. The Morgan fingerprint density at radius 1 is 1.29 bits per heavy atom. The molecule has 0 fully saturated rings. The van der Waals surface area contributed by atoms with Crippen molar-refractivity contribution >= 4 is 0 Å². The molecule has 0 spiro atoms. The molecule has 0 unspecified atom stereocenters. The van der Waals surface area contributed by atoms with Crippen molar-refractivity contribution in [2.24, 2.45) is 7.05 Å². The van der Waals surface area contributed by atoms with Crippen LogP contribution in [-0.2, 0) is 7.05 Å². The van der Waals surface area contributed by atoms with Gasteiger partial charge in [0.2, 0.25) is 5.56 Å². The number of hydrogen-bond acceptors (Lipinski definition) is 3. The quantitative estimate of drug-likeness (QED) is 0.664. The molecule has 0 amide bonds. The Hall–Kier alpha value is -1.97. The van der Waals surface area contributed by atoms with Crippen molar-refractivity contribution in [1.82, 2.24) is 14.5 Å². The third-order valence-corrected chi connectivity index (χ3v) is 1.94. The van der Waals surface area contributed by atoms with Gasteiger partial charge in [-0.05, 0) is 6.07 Å². The Kier molecular flexibility index (Phi) is 2.10. The van der Waals surface area contributed by atoms with E-state index in [4.69, 9.17) is 0 Å². The number of pyridine rings is 1. The van der Waals surface area contributed by atoms with Gasteiger partial charge in [0.1, 0.15) is 0 Å². The second kappa shape index (κ2) is 3.41. The average molecular weight is 187 g/mol. The molecule has 0 atom stereocenters. The number of aromatic nitrogens is 3. The lowest BCUT2D eigenvalue weighted by atomic mass is 10.2. The van der Waals surface area contributed by atoms with Crippen molar-refractivity contribution in [2.75, 3.05) is 0 Å². The molecule has 0 saturated heterocycles. The van der Waals surface area contributed by atoms with Crippen LogP contribution in [0.3, 0.4) is 0 Å². The van der Waals surface area contributed by atoms with E-state index >= 15 is 0 Å². The molecule has 70 valence electrons. The maximum Gasteiger partial charge on any atom is 0.250 e. The maximum absolute atomic E-state index is 11.1. The molecule has 2 rings (SSSR count). The van der Waals surface area contributed by atoms with Crippen LogP contribution in [0.5, 0.6) is 0 Å². The van der Waals surface area contributed by atoms with Crippen molar-refractivity contribution in [3.8, 4) is 11.3 Å². The fourth-order valence-electron chi connectivity index (χ4n) is 1.19. The highest BCUT2D eigenvalue weighted by Gasteiger charge is 1.99. The van der Waals surface area contributed by atoms with Crippen LogP contribution in [0.1, 0.15) is 0 Å². The van der Waals surface area contributed by atoms with E-state index in [0.717, 1.165) is 11.3 Å². The monoisotopic (exact) mass is 187 g/mol. The lowest BCUT2D eigenvalue weighted by Crippen LogP contribution is -2.14. The van der Waals surface area contributed by atoms with Crippen LogP contribution in [0.25, 0.3) is 11.3 Å². The highest BCUT2D eigenvalue weighted by molar-refractivity contribution is 5.55. The molecule has 2 heterocycles.